The van der Waals surface area contributed by atoms with Gasteiger partial charge >= 0.3 is 6.09 Å². The first kappa shape index (κ1) is 18.1. The molecule has 0 bridgehead atoms. The van der Waals surface area contributed by atoms with E-state index in [1.54, 1.807) is 11.2 Å². The Bertz CT molecular complexity index is 545. The van der Waals surface area contributed by atoms with Gasteiger partial charge < -0.3 is 25.2 Å². The van der Waals surface area contributed by atoms with Gasteiger partial charge in [-0.15, -0.1) is 0 Å². The number of piperazine rings is 1. The molecular weight excluding hydrogens is 308 g/mol. The first-order valence-corrected chi connectivity index (χ1v) is 8.56. The second kappa shape index (κ2) is 8.56. The highest BCUT2D eigenvalue weighted by Gasteiger charge is 2.25. The second-order valence-corrected chi connectivity index (χ2v) is 5.88. The Morgan fingerprint density at radius 2 is 2.00 bits per heavy atom. The van der Waals surface area contributed by atoms with Gasteiger partial charge in [-0.1, -0.05) is 13.3 Å². The summed E-state index contributed by atoms with van der Waals surface area (Å²) >= 11 is 0. The van der Waals surface area contributed by atoms with Crippen molar-refractivity contribution in [2.45, 2.75) is 26.7 Å². The van der Waals surface area contributed by atoms with E-state index in [-0.39, 0.29) is 6.09 Å². The normalized spacial score (nSPS) is 14.6. The van der Waals surface area contributed by atoms with E-state index in [0.717, 1.165) is 31.0 Å². The maximum Gasteiger partial charge on any atom is 0.409 e. The molecule has 2 N–H and O–H groups in total. The van der Waals surface area contributed by atoms with Crippen LogP contribution in [0.25, 0.3) is 0 Å². The molecule has 2 rings (SSSR count). The molecule has 1 aliphatic heterocycles. The van der Waals surface area contributed by atoms with Crippen molar-refractivity contribution < 1.29 is 9.53 Å². The van der Waals surface area contributed by atoms with E-state index in [0.29, 0.717) is 38.5 Å². The molecule has 24 heavy (non-hydrogen) atoms. The SMILES string of the molecule is CCCCN(C)c1ncnc(N2CCN(C(=O)OCC)CC2)c1N. The van der Waals surface area contributed by atoms with Gasteiger partial charge in [0.15, 0.2) is 11.6 Å². The number of unbranched alkanes of at least 4 members (excludes halogenated alkanes) is 1. The lowest BCUT2D eigenvalue weighted by molar-refractivity contribution is 0.105. The predicted molar refractivity (Wildman–Crippen MR) is 95.4 cm³/mol. The van der Waals surface area contributed by atoms with Gasteiger partial charge in [0.25, 0.3) is 0 Å². The van der Waals surface area contributed by atoms with Crippen LogP contribution < -0.4 is 15.5 Å². The smallest absolute Gasteiger partial charge is 0.409 e. The van der Waals surface area contributed by atoms with Crippen LogP contribution >= 0.6 is 0 Å². The van der Waals surface area contributed by atoms with Crippen molar-refractivity contribution in [1.82, 2.24) is 14.9 Å². The van der Waals surface area contributed by atoms with E-state index in [2.05, 4.69) is 26.7 Å². The topological polar surface area (TPSA) is 87.8 Å². The lowest BCUT2D eigenvalue weighted by Gasteiger charge is -2.35. The molecule has 1 fully saturated rings. The number of anilines is 3. The van der Waals surface area contributed by atoms with Crippen LogP contribution in [0, 0.1) is 0 Å². The fraction of sp³-hybridized carbons (Fsp3) is 0.688. The minimum atomic E-state index is -0.257. The maximum absolute atomic E-state index is 11.8. The quantitative estimate of drug-likeness (QED) is 0.843. The first-order valence-electron chi connectivity index (χ1n) is 8.56. The minimum Gasteiger partial charge on any atom is -0.450 e. The molecule has 1 aliphatic rings. The number of hydrogen-bond acceptors (Lipinski definition) is 7. The number of nitrogen functional groups attached to an aromatic ring is 1. The van der Waals surface area contributed by atoms with E-state index in [1.807, 2.05) is 14.0 Å². The highest BCUT2D eigenvalue weighted by Crippen LogP contribution is 2.29. The molecule has 8 heteroatoms. The number of carbonyl (C=O) groups is 1. The molecule has 2 heterocycles. The number of aromatic nitrogens is 2. The van der Waals surface area contributed by atoms with Crippen LogP contribution in [0.1, 0.15) is 26.7 Å². The van der Waals surface area contributed by atoms with Crippen LogP contribution in [-0.2, 0) is 4.74 Å². The lowest BCUT2D eigenvalue weighted by atomic mass is 10.3. The zero-order valence-electron chi connectivity index (χ0n) is 14.9. The van der Waals surface area contributed by atoms with Gasteiger partial charge in [0.2, 0.25) is 0 Å². The van der Waals surface area contributed by atoms with Crippen molar-refractivity contribution in [2.24, 2.45) is 0 Å². The number of nitrogens with zero attached hydrogens (tertiary/aromatic N) is 5. The van der Waals surface area contributed by atoms with Crippen LogP contribution in [0.5, 0.6) is 0 Å². The Morgan fingerprint density at radius 1 is 1.29 bits per heavy atom. The van der Waals surface area contributed by atoms with E-state index in [9.17, 15) is 4.79 Å². The number of rotatable bonds is 6. The number of nitrogens with two attached hydrogens (primary N) is 1. The Kier molecular flexibility index (Phi) is 6.45. The molecule has 134 valence electrons. The third-order valence-electron chi connectivity index (χ3n) is 4.16. The summed E-state index contributed by atoms with van der Waals surface area (Å²) in [6.45, 7) is 7.83. The Morgan fingerprint density at radius 3 is 2.62 bits per heavy atom. The van der Waals surface area contributed by atoms with Crippen molar-refractivity contribution >= 4 is 23.4 Å². The standard InChI is InChI=1S/C16H28N6O2/c1-4-6-7-20(3)14-13(17)15(19-12-18-14)21-8-10-22(11-9-21)16(23)24-5-2/h12H,4-11,17H2,1-3H3. The molecule has 1 aromatic heterocycles. The molecule has 1 saturated heterocycles. The molecular formula is C16H28N6O2. The molecule has 1 aromatic rings. The van der Waals surface area contributed by atoms with E-state index in [4.69, 9.17) is 10.5 Å². The molecule has 0 spiro atoms. The molecule has 0 unspecified atom stereocenters. The minimum absolute atomic E-state index is 0.257. The number of amides is 1. The van der Waals surface area contributed by atoms with Crippen molar-refractivity contribution in [3.8, 4) is 0 Å². The van der Waals surface area contributed by atoms with Crippen molar-refractivity contribution in [1.29, 1.82) is 0 Å². The van der Waals surface area contributed by atoms with Gasteiger partial charge in [-0.25, -0.2) is 14.8 Å². The van der Waals surface area contributed by atoms with Gasteiger partial charge in [-0.2, -0.15) is 0 Å². The third kappa shape index (κ3) is 4.18. The number of carbonyl (C=O) groups excluding carboxylic acids is 1. The average molecular weight is 336 g/mol. The van der Waals surface area contributed by atoms with E-state index in [1.165, 1.54) is 0 Å². The molecule has 0 radical (unpaired) electrons. The van der Waals surface area contributed by atoms with Crippen LogP contribution in [0.4, 0.5) is 22.1 Å². The molecule has 8 nitrogen and oxygen atoms in total. The first-order chi connectivity index (χ1) is 11.6. The van der Waals surface area contributed by atoms with Crippen molar-refractivity contribution in [3.63, 3.8) is 0 Å². The summed E-state index contributed by atoms with van der Waals surface area (Å²) in [5.41, 5.74) is 6.91. The molecule has 0 aromatic carbocycles. The Hall–Kier alpha value is -2.25. The molecule has 0 atom stereocenters. The fourth-order valence-corrected chi connectivity index (χ4v) is 2.75. The summed E-state index contributed by atoms with van der Waals surface area (Å²) in [7, 11) is 2.00. The maximum atomic E-state index is 11.8. The molecule has 0 aliphatic carbocycles. The summed E-state index contributed by atoms with van der Waals surface area (Å²) in [6.07, 6.45) is 3.51. The largest absolute Gasteiger partial charge is 0.450 e. The lowest BCUT2D eigenvalue weighted by Crippen LogP contribution is -2.49. The molecule has 0 saturated carbocycles. The Balaban J connectivity index is 2.04. The highest BCUT2D eigenvalue weighted by molar-refractivity contribution is 5.76. The van der Waals surface area contributed by atoms with Crippen LogP contribution in [-0.4, -0.2) is 67.3 Å². The average Bonchev–Trinajstić information content (AvgIpc) is 2.60. The summed E-state index contributed by atoms with van der Waals surface area (Å²) in [5, 5.41) is 0. The zero-order chi connectivity index (χ0) is 17.5. The van der Waals surface area contributed by atoms with Crippen LogP contribution in [0.3, 0.4) is 0 Å². The van der Waals surface area contributed by atoms with Gasteiger partial charge in [0.05, 0.1) is 6.61 Å². The van der Waals surface area contributed by atoms with E-state index >= 15 is 0 Å². The zero-order valence-corrected chi connectivity index (χ0v) is 14.9. The summed E-state index contributed by atoms with van der Waals surface area (Å²) in [4.78, 5) is 26.4. The Labute approximate surface area is 143 Å². The van der Waals surface area contributed by atoms with Crippen molar-refractivity contribution in [3.05, 3.63) is 6.33 Å². The third-order valence-corrected chi connectivity index (χ3v) is 4.16. The molecule has 1 amide bonds. The number of hydrogen-bond donors (Lipinski definition) is 1. The van der Waals surface area contributed by atoms with Crippen LogP contribution in [0.15, 0.2) is 6.33 Å². The second-order valence-electron chi connectivity index (χ2n) is 5.88. The number of ether oxygens (including phenoxy) is 1. The van der Waals surface area contributed by atoms with E-state index < -0.39 is 0 Å². The van der Waals surface area contributed by atoms with Gasteiger partial charge in [0.1, 0.15) is 12.0 Å². The fourth-order valence-electron chi connectivity index (χ4n) is 2.75. The summed E-state index contributed by atoms with van der Waals surface area (Å²) in [6, 6.07) is 0. The van der Waals surface area contributed by atoms with Gasteiger partial charge in [-0.3, -0.25) is 0 Å². The highest BCUT2D eigenvalue weighted by atomic mass is 16.6. The van der Waals surface area contributed by atoms with Gasteiger partial charge in [0, 0.05) is 39.8 Å². The van der Waals surface area contributed by atoms with Gasteiger partial charge in [-0.05, 0) is 13.3 Å². The summed E-state index contributed by atoms with van der Waals surface area (Å²) < 4.78 is 5.05. The predicted octanol–water partition coefficient (Wildman–Crippen LogP) is 1.57. The van der Waals surface area contributed by atoms with Crippen molar-refractivity contribution in [2.75, 3.05) is 61.9 Å². The summed E-state index contributed by atoms with van der Waals surface area (Å²) in [5.74, 6) is 1.51. The van der Waals surface area contributed by atoms with Crippen LogP contribution in [0.2, 0.25) is 0 Å². The monoisotopic (exact) mass is 336 g/mol.